The summed E-state index contributed by atoms with van der Waals surface area (Å²) in [5.41, 5.74) is -1.45. The summed E-state index contributed by atoms with van der Waals surface area (Å²) in [6.07, 6.45) is 8.41. The van der Waals surface area contributed by atoms with Crippen LogP contribution in [0.4, 0.5) is 26.3 Å². The summed E-state index contributed by atoms with van der Waals surface area (Å²) in [6, 6.07) is 5.65. The van der Waals surface area contributed by atoms with Gasteiger partial charge in [-0.2, -0.15) is 13.2 Å². The molecule has 0 nitrogen and oxygen atoms in total. The van der Waals surface area contributed by atoms with Crippen LogP contribution in [0, 0.1) is 35.2 Å². The Morgan fingerprint density at radius 3 is 1.83 bits per heavy atom. The van der Waals surface area contributed by atoms with Gasteiger partial charge in [-0.05, 0) is 91.5 Å². The van der Waals surface area contributed by atoms with Crippen molar-refractivity contribution in [3.05, 3.63) is 58.9 Å². The van der Waals surface area contributed by atoms with E-state index in [0.717, 1.165) is 49.0 Å². The Balaban J connectivity index is 1.38. The zero-order valence-electron chi connectivity index (χ0n) is 20.2. The highest BCUT2D eigenvalue weighted by atomic mass is 19.4. The number of benzene rings is 2. The molecule has 2 aliphatic carbocycles. The molecule has 192 valence electrons. The zero-order valence-corrected chi connectivity index (χ0v) is 20.2. The molecule has 35 heavy (non-hydrogen) atoms. The molecule has 0 aromatic heterocycles. The zero-order chi connectivity index (χ0) is 25.2. The van der Waals surface area contributed by atoms with E-state index < -0.39 is 29.2 Å². The highest BCUT2D eigenvalue weighted by Gasteiger charge is 2.38. The monoisotopic (exact) mass is 496 g/mol. The van der Waals surface area contributed by atoms with Gasteiger partial charge in [0.05, 0.1) is 0 Å². The number of hydrogen-bond acceptors (Lipinski definition) is 0. The van der Waals surface area contributed by atoms with Crippen LogP contribution >= 0.6 is 0 Å². The van der Waals surface area contributed by atoms with Crippen molar-refractivity contribution in [3.8, 4) is 11.1 Å². The van der Waals surface area contributed by atoms with Crippen LogP contribution in [-0.2, 0) is 6.18 Å². The van der Waals surface area contributed by atoms with Gasteiger partial charge in [-0.1, -0.05) is 51.2 Å². The maximum Gasteiger partial charge on any atom is 0.422 e. The number of alkyl halides is 3. The normalized spacial score (nSPS) is 25.6. The molecule has 2 aliphatic rings. The average Bonchev–Trinajstić information content (AvgIpc) is 2.82. The van der Waals surface area contributed by atoms with Crippen LogP contribution in [0.25, 0.3) is 11.1 Å². The lowest BCUT2D eigenvalue weighted by atomic mass is 9.68. The second kappa shape index (κ2) is 11.0. The molecule has 0 spiro atoms. The van der Waals surface area contributed by atoms with E-state index in [9.17, 15) is 26.3 Å². The van der Waals surface area contributed by atoms with Crippen molar-refractivity contribution in [1.29, 1.82) is 0 Å². The first-order chi connectivity index (χ1) is 16.7. The highest BCUT2D eigenvalue weighted by molar-refractivity contribution is 5.65. The van der Waals surface area contributed by atoms with Crippen LogP contribution in [0.5, 0.6) is 0 Å². The molecule has 0 atom stereocenters. The van der Waals surface area contributed by atoms with E-state index in [-0.39, 0.29) is 17.0 Å². The van der Waals surface area contributed by atoms with Gasteiger partial charge in [-0.3, -0.25) is 0 Å². The Labute approximate surface area is 204 Å². The summed E-state index contributed by atoms with van der Waals surface area (Å²) < 4.78 is 81.4. The molecule has 2 aromatic rings. The smallest absolute Gasteiger partial charge is 0.206 e. The third-order valence-electron chi connectivity index (χ3n) is 8.40. The summed E-state index contributed by atoms with van der Waals surface area (Å²) in [4.78, 5) is 0. The largest absolute Gasteiger partial charge is 0.422 e. The molecular formula is C29H34F6. The second-order valence-corrected chi connectivity index (χ2v) is 10.6. The van der Waals surface area contributed by atoms with Gasteiger partial charge in [-0.15, -0.1) is 0 Å². The Morgan fingerprint density at radius 1 is 0.743 bits per heavy atom. The van der Waals surface area contributed by atoms with Gasteiger partial charge in [0.25, 0.3) is 0 Å². The second-order valence-electron chi connectivity index (χ2n) is 10.6. The van der Waals surface area contributed by atoms with E-state index in [1.54, 1.807) is 6.07 Å². The van der Waals surface area contributed by atoms with Gasteiger partial charge in [0, 0.05) is 5.56 Å². The molecule has 0 unspecified atom stereocenters. The summed E-state index contributed by atoms with van der Waals surface area (Å²) in [7, 11) is 0. The van der Waals surface area contributed by atoms with Crippen LogP contribution in [0.15, 0.2) is 30.3 Å². The van der Waals surface area contributed by atoms with Crippen LogP contribution in [-0.4, -0.2) is 0 Å². The van der Waals surface area contributed by atoms with Crippen LogP contribution < -0.4 is 0 Å². The quantitative estimate of drug-likeness (QED) is 0.349. The first-order valence-corrected chi connectivity index (χ1v) is 13.0. The van der Waals surface area contributed by atoms with Crippen molar-refractivity contribution in [2.75, 3.05) is 0 Å². The van der Waals surface area contributed by atoms with Crippen LogP contribution in [0.3, 0.4) is 0 Å². The average molecular weight is 497 g/mol. The van der Waals surface area contributed by atoms with Crippen LogP contribution in [0.2, 0.25) is 0 Å². The Bertz CT molecular complexity index is 972. The predicted octanol–water partition coefficient (Wildman–Crippen LogP) is 10.1. The first-order valence-electron chi connectivity index (χ1n) is 13.0. The molecule has 4 rings (SSSR count). The minimum Gasteiger partial charge on any atom is -0.206 e. The van der Waals surface area contributed by atoms with E-state index in [0.29, 0.717) is 12.1 Å². The van der Waals surface area contributed by atoms with E-state index >= 15 is 0 Å². The molecule has 2 fully saturated rings. The van der Waals surface area contributed by atoms with Crippen molar-refractivity contribution in [2.24, 2.45) is 17.8 Å². The molecule has 0 N–H and O–H groups in total. The third-order valence-corrected chi connectivity index (χ3v) is 8.40. The number of rotatable bonds is 6. The minimum absolute atomic E-state index is 0.103. The molecule has 0 bridgehead atoms. The Morgan fingerprint density at radius 2 is 1.31 bits per heavy atom. The lowest BCUT2D eigenvalue weighted by Crippen LogP contribution is -2.25. The summed E-state index contributed by atoms with van der Waals surface area (Å²) in [5.74, 6) is -1.48. The highest BCUT2D eigenvalue weighted by Crippen LogP contribution is 2.45. The first kappa shape index (κ1) is 26.1. The summed E-state index contributed by atoms with van der Waals surface area (Å²) >= 11 is 0. The molecule has 0 heterocycles. The standard InChI is InChI=1S/C29H34F6/c1-2-3-4-18-5-7-19(8-6-18)20-9-11-21(12-10-20)22-13-14-24(25(30)15-22)23-16-26(31)28(27(32)17-23)29(33,34)35/h13-21H,2-12H2,1H3. The summed E-state index contributed by atoms with van der Waals surface area (Å²) in [6.45, 7) is 2.25. The minimum atomic E-state index is -5.15. The molecule has 2 saturated carbocycles. The molecule has 6 heteroatoms. The van der Waals surface area contributed by atoms with Crippen molar-refractivity contribution < 1.29 is 26.3 Å². The van der Waals surface area contributed by atoms with Crippen molar-refractivity contribution in [2.45, 2.75) is 89.6 Å². The molecule has 2 aromatic carbocycles. The maximum atomic E-state index is 14.9. The molecule has 0 saturated heterocycles. The number of hydrogen-bond donors (Lipinski definition) is 0. The van der Waals surface area contributed by atoms with Gasteiger partial charge in [-0.25, -0.2) is 13.2 Å². The van der Waals surface area contributed by atoms with Gasteiger partial charge in [0.2, 0.25) is 0 Å². The van der Waals surface area contributed by atoms with Gasteiger partial charge >= 0.3 is 6.18 Å². The molecule has 0 aliphatic heterocycles. The lowest BCUT2D eigenvalue weighted by Gasteiger charge is -2.38. The van der Waals surface area contributed by atoms with E-state index in [2.05, 4.69) is 6.92 Å². The molecule has 0 amide bonds. The lowest BCUT2D eigenvalue weighted by molar-refractivity contribution is -0.142. The fourth-order valence-electron chi connectivity index (χ4n) is 6.38. The van der Waals surface area contributed by atoms with Crippen molar-refractivity contribution >= 4 is 0 Å². The number of halogens is 6. The summed E-state index contributed by atoms with van der Waals surface area (Å²) in [5, 5.41) is 0. The Hall–Kier alpha value is -1.98. The number of unbranched alkanes of at least 4 members (excludes halogenated alkanes) is 1. The third kappa shape index (κ3) is 6.06. The van der Waals surface area contributed by atoms with E-state index in [1.165, 1.54) is 57.1 Å². The van der Waals surface area contributed by atoms with Gasteiger partial charge in [0.15, 0.2) is 0 Å². The Kier molecular flexibility index (Phi) is 8.17. The molecule has 0 radical (unpaired) electrons. The SMILES string of the molecule is CCCCC1CCC(C2CCC(c3ccc(-c4cc(F)c(C(F)(F)F)c(F)c4)c(F)c3)CC2)CC1. The van der Waals surface area contributed by atoms with Gasteiger partial charge in [0.1, 0.15) is 23.0 Å². The van der Waals surface area contributed by atoms with E-state index in [4.69, 9.17) is 0 Å². The fourth-order valence-corrected chi connectivity index (χ4v) is 6.38. The maximum absolute atomic E-state index is 14.9. The van der Waals surface area contributed by atoms with Crippen molar-refractivity contribution in [1.82, 2.24) is 0 Å². The van der Waals surface area contributed by atoms with Gasteiger partial charge < -0.3 is 0 Å². The fraction of sp³-hybridized carbons (Fsp3) is 0.586. The predicted molar refractivity (Wildman–Crippen MR) is 126 cm³/mol. The van der Waals surface area contributed by atoms with Crippen molar-refractivity contribution in [3.63, 3.8) is 0 Å². The topological polar surface area (TPSA) is 0 Å². The van der Waals surface area contributed by atoms with Crippen LogP contribution in [0.1, 0.15) is 94.6 Å². The van der Waals surface area contributed by atoms with E-state index in [1.807, 2.05) is 0 Å². The molecular weight excluding hydrogens is 462 g/mol.